The van der Waals surface area contributed by atoms with E-state index in [1.165, 1.54) is 7.11 Å². The second-order valence-electron chi connectivity index (χ2n) is 2.60. The molecule has 1 aromatic rings. The third-order valence-corrected chi connectivity index (χ3v) is 2.50. The lowest BCUT2D eigenvalue weighted by molar-refractivity contribution is 0.0594. The quantitative estimate of drug-likeness (QED) is 0.597. The molecule has 0 unspecified atom stereocenters. The summed E-state index contributed by atoms with van der Waals surface area (Å²) in [7, 11) is 1.23. The number of esters is 1. The number of nitrogen functional groups attached to an aromatic ring is 1. The Morgan fingerprint density at radius 3 is 2.57 bits per heavy atom. The Labute approximate surface area is 91.0 Å². The minimum atomic E-state index is -0.663. The van der Waals surface area contributed by atoms with Crippen molar-refractivity contribution in [2.24, 2.45) is 0 Å². The molecule has 0 radical (unpaired) electrons. The Morgan fingerprint density at radius 1 is 1.50 bits per heavy atom. The number of pyridine rings is 1. The second-order valence-corrected chi connectivity index (χ2v) is 3.33. The molecule has 0 bridgehead atoms. The molecule has 0 spiro atoms. The van der Waals surface area contributed by atoms with Crippen molar-refractivity contribution in [3.05, 3.63) is 21.4 Å². The number of nitrogens with two attached hydrogens (primary N) is 1. The van der Waals surface area contributed by atoms with Gasteiger partial charge in [-0.1, -0.05) is 23.2 Å². The Morgan fingerprint density at radius 2 is 2.07 bits per heavy atom. The summed E-state index contributed by atoms with van der Waals surface area (Å²) in [5.74, 6) is -0.663. The van der Waals surface area contributed by atoms with Gasteiger partial charge in [-0.2, -0.15) is 0 Å². The van der Waals surface area contributed by atoms with Crippen molar-refractivity contribution < 1.29 is 9.53 Å². The average Bonchev–Trinajstić information content (AvgIpc) is 2.19. The highest BCUT2D eigenvalue weighted by Gasteiger charge is 2.18. The normalized spacial score (nSPS) is 10.0. The number of carbonyl (C=O) groups excluding carboxylic acids is 1. The third-order valence-electron chi connectivity index (χ3n) is 1.75. The van der Waals surface area contributed by atoms with Gasteiger partial charge in [-0.3, -0.25) is 0 Å². The highest BCUT2D eigenvalue weighted by atomic mass is 35.5. The first-order valence-corrected chi connectivity index (χ1v) is 4.44. The molecule has 1 rings (SSSR count). The number of carbonyl (C=O) groups is 1. The van der Waals surface area contributed by atoms with Crippen LogP contribution in [0.25, 0.3) is 0 Å². The Kier molecular flexibility index (Phi) is 3.18. The van der Waals surface area contributed by atoms with Gasteiger partial charge in [0.25, 0.3) is 0 Å². The minimum Gasteiger partial charge on any atom is -0.464 e. The summed E-state index contributed by atoms with van der Waals surface area (Å²) in [6.45, 7) is 1.66. The van der Waals surface area contributed by atoms with Gasteiger partial charge in [0.15, 0.2) is 5.69 Å². The predicted molar refractivity (Wildman–Crippen MR) is 54.7 cm³/mol. The van der Waals surface area contributed by atoms with E-state index >= 15 is 0 Å². The van der Waals surface area contributed by atoms with E-state index in [1.54, 1.807) is 6.92 Å². The van der Waals surface area contributed by atoms with Crippen LogP contribution in [0.2, 0.25) is 10.2 Å². The number of halogens is 2. The van der Waals surface area contributed by atoms with Crippen LogP contribution in [0.5, 0.6) is 0 Å². The van der Waals surface area contributed by atoms with E-state index in [2.05, 4.69) is 9.72 Å². The summed E-state index contributed by atoms with van der Waals surface area (Å²) in [5.41, 5.74) is 6.33. The summed E-state index contributed by atoms with van der Waals surface area (Å²) in [6.07, 6.45) is 0. The molecule has 0 fully saturated rings. The summed E-state index contributed by atoms with van der Waals surface area (Å²) < 4.78 is 4.47. The first-order chi connectivity index (χ1) is 6.49. The van der Waals surface area contributed by atoms with Crippen LogP contribution in [0.4, 0.5) is 5.69 Å². The molecule has 0 saturated heterocycles. The van der Waals surface area contributed by atoms with Gasteiger partial charge in [0.2, 0.25) is 0 Å². The molecule has 0 amide bonds. The van der Waals surface area contributed by atoms with Crippen molar-refractivity contribution in [3.8, 4) is 0 Å². The molecule has 1 heterocycles. The predicted octanol–water partition coefficient (Wildman–Crippen LogP) is 2.07. The Hall–Kier alpha value is -1.00. The Bertz CT molecular complexity index is 393. The number of anilines is 1. The molecule has 0 saturated carbocycles. The van der Waals surface area contributed by atoms with Gasteiger partial charge >= 0.3 is 5.97 Å². The fourth-order valence-electron chi connectivity index (χ4n) is 0.866. The van der Waals surface area contributed by atoms with Crippen LogP contribution < -0.4 is 5.73 Å². The lowest BCUT2D eigenvalue weighted by Gasteiger charge is -2.08. The zero-order valence-electron chi connectivity index (χ0n) is 7.60. The molecule has 2 N–H and O–H groups in total. The summed E-state index contributed by atoms with van der Waals surface area (Å²) in [6, 6.07) is 0. The van der Waals surface area contributed by atoms with Crippen molar-refractivity contribution in [1.29, 1.82) is 0 Å². The SMILES string of the molecule is COC(=O)c1nc(Cl)c(C)c(N)c1Cl. The molecule has 0 aliphatic carbocycles. The molecule has 0 aromatic carbocycles. The van der Waals surface area contributed by atoms with Gasteiger partial charge in [0.1, 0.15) is 5.15 Å². The maximum absolute atomic E-state index is 11.2. The molecular weight excluding hydrogens is 227 g/mol. The van der Waals surface area contributed by atoms with Crippen molar-refractivity contribution in [2.45, 2.75) is 6.92 Å². The van der Waals surface area contributed by atoms with Crippen LogP contribution in [-0.2, 0) is 4.74 Å². The van der Waals surface area contributed by atoms with E-state index in [0.29, 0.717) is 5.56 Å². The van der Waals surface area contributed by atoms with Crippen LogP contribution >= 0.6 is 23.2 Å². The van der Waals surface area contributed by atoms with Crippen molar-refractivity contribution in [3.63, 3.8) is 0 Å². The van der Waals surface area contributed by atoms with Crippen LogP contribution in [-0.4, -0.2) is 18.1 Å². The largest absolute Gasteiger partial charge is 0.464 e. The third kappa shape index (κ3) is 1.76. The zero-order valence-corrected chi connectivity index (χ0v) is 9.11. The Balaban J connectivity index is 3.40. The van der Waals surface area contributed by atoms with Crippen LogP contribution in [0, 0.1) is 6.92 Å². The molecule has 76 valence electrons. The summed E-state index contributed by atoms with van der Waals surface area (Å²) >= 11 is 11.5. The maximum Gasteiger partial charge on any atom is 0.358 e. The lowest BCUT2D eigenvalue weighted by Crippen LogP contribution is -2.08. The number of hydrogen-bond donors (Lipinski definition) is 1. The molecule has 1 aromatic heterocycles. The molecule has 0 atom stereocenters. The second kappa shape index (κ2) is 4.02. The van der Waals surface area contributed by atoms with Crippen molar-refractivity contribution in [2.75, 3.05) is 12.8 Å². The van der Waals surface area contributed by atoms with Gasteiger partial charge in [0, 0.05) is 5.56 Å². The summed E-state index contributed by atoms with van der Waals surface area (Å²) in [5, 5.41) is 0.214. The van der Waals surface area contributed by atoms with Crippen molar-refractivity contribution in [1.82, 2.24) is 4.98 Å². The van der Waals surface area contributed by atoms with E-state index in [9.17, 15) is 4.79 Å². The van der Waals surface area contributed by atoms with E-state index in [1.807, 2.05) is 0 Å². The van der Waals surface area contributed by atoms with E-state index in [0.717, 1.165) is 0 Å². The number of ether oxygens (including phenoxy) is 1. The smallest absolute Gasteiger partial charge is 0.358 e. The van der Waals surface area contributed by atoms with E-state index < -0.39 is 5.97 Å². The average molecular weight is 235 g/mol. The topological polar surface area (TPSA) is 65.2 Å². The van der Waals surface area contributed by atoms with Crippen LogP contribution in [0.1, 0.15) is 16.1 Å². The number of rotatable bonds is 1. The van der Waals surface area contributed by atoms with E-state index in [4.69, 9.17) is 28.9 Å². The fraction of sp³-hybridized carbons (Fsp3) is 0.250. The molecule has 0 aliphatic heterocycles. The standard InChI is InChI=1S/C8H8Cl2N2O2/c1-3-5(11)4(9)6(8(13)14-2)12-7(3)10/h1-2H3,(H2,11,12). The van der Waals surface area contributed by atoms with Gasteiger partial charge in [0.05, 0.1) is 17.8 Å². The number of methoxy groups -OCH3 is 1. The first-order valence-electron chi connectivity index (χ1n) is 3.68. The monoisotopic (exact) mass is 234 g/mol. The van der Waals surface area contributed by atoms with Gasteiger partial charge in [-0.05, 0) is 6.92 Å². The minimum absolute atomic E-state index is 0.0673. The number of hydrogen-bond acceptors (Lipinski definition) is 4. The van der Waals surface area contributed by atoms with Gasteiger partial charge < -0.3 is 10.5 Å². The van der Waals surface area contributed by atoms with Crippen LogP contribution in [0.15, 0.2) is 0 Å². The molecule has 6 heteroatoms. The first kappa shape index (κ1) is 11.1. The molecule has 0 aliphatic rings. The fourth-order valence-corrected chi connectivity index (χ4v) is 1.31. The highest BCUT2D eigenvalue weighted by molar-refractivity contribution is 6.37. The zero-order chi connectivity index (χ0) is 10.9. The molecule has 14 heavy (non-hydrogen) atoms. The van der Waals surface area contributed by atoms with E-state index in [-0.39, 0.29) is 21.6 Å². The highest BCUT2D eigenvalue weighted by Crippen LogP contribution is 2.29. The van der Waals surface area contributed by atoms with Crippen molar-refractivity contribution >= 4 is 34.9 Å². The van der Waals surface area contributed by atoms with Gasteiger partial charge in [-0.25, -0.2) is 9.78 Å². The molecular formula is C8H8Cl2N2O2. The lowest BCUT2D eigenvalue weighted by atomic mass is 10.2. The molecule has 4 nitrogen and oxygen atoms in total. The van der Waals surface area contributed by atoms with Crippen LogP contribution in [0.3, 0.4) is 0 Å². The summed E-state index contributed by atoms with van der Waals surface area (Å²) in [4.78, 5) is 14.9. The number of nitrogens with zero attached hydrogens (tertiary/aromatic N) is 1. The maximum atomic E-state index is 11.2. The van der Waals surface area contributed by atoms with Gasteiger partial charge in [-0.15, -0.1) is 0 Å². The number of aromatic nitrogens is 1.